The van der Waals surface area contributed by atoms with Gasteiger partial charge < -0.3 is 9.47 Å². The molecule has 1 heterocycles. The monoisotopic (exact) mass is 764 g/mol. The normalized spacial score (nSPS) is 11.3. The Morgan fingerprint density at radius 3 is 1.40 bits per heavy atom. The van der Waals surface area contributed by atoms with Gasteiger partial charge in [-0.25, -0.2) is 0 Å². The first-order valence-corrected chi connectivity index (χ1v) is 20.6. The average molecular weight is 765 g/mol. The van der Waals surface area contributed by atoms with Crippen LogP contribution in [0, 0.1) is 0 Å². The van der Waals surface area contributed by atoms with Crippen molar-refractivity contribution in [2.45, 2.75) is 0 Å². The topological polar surface area (TPSA) is 8.17 Å². The van der Waals surface area contributed by atoms with Crippen molar-refractivity contribution in [1.29, 1.82) is 0 Å². The Balaban J connectivity index is 1.08. The van der Waals surface area contributed by atoms with E-state index in [1.165, 1.54) is 77.1 Å². The molecule has 2 nitrogen and oxygen atoms in total. The second-order valence-electron chi connectivity index (χ2n) is 15.3. The molecule has 0 aliphatic rings. The third-order valence-corrected chi connectivity index (χ3v) is 11.8. The molecule has 0 radical (unpaired) electrons. The lowest BCUT2D eigenvalue weighted by Crippen LogP contribution is -2.10. The Labute approximate surface area is 350 Å². The predicted molar refractivity (Wildman–Crippen MR) is 255 cm³/mol. The van der Waals surface area contributed by atoms with Gasteiger partial charge in [-0.3, -0.25) is 0 Å². The molecule has 0 N–H and O–H groups in total. The van der Waals surface area contributed by atoms with Crippen LogP contribution in [-0.4, -0.2) is 4.57 Å². The molecular formula is C58H40N2. The number of fused-ring (bicyclic) bond motifs is 4. The Bertz CT molecular complexity index is 3270. The smallest absolute Gasteiger partial charge is 0.0553 e. The zero-order valence-corrected chi connectivity index (χ0v) is 33.0. The van der Waals surface area contributed by atoms with Gasteiger partial charge in [0.05, 0.1) is 11.0 Å². The lowest BCUT2D eigenvalue weighted by molar-refractivity contribution is 1.18. The molecule has 0 saturated heterocycles. The molecule has 11 rings (SSSR count). The number of anilines is 3. The maximum Gasteiger partial charge on any atom is 0.0553 e. The number of aromatic nitrogens is 1. The van der Waals surface area contributed by atoms with Crippen LogP contribution >= 0.6 is 0 Å². The van der Waals surface area contributed by atoms with Gasteiger partial charge in [0.1, 0.15) is 0 Å². The standard InChI is InChI=1S/C58H40N2/c1-4-16-41(17-5-1)43-30-32-44(33-31-43)45-34-36-50(37-35-45)59(51-25-14-21-46(38-51)42-18-6-2-7-19-42)52-26-15-22-48(39-52)57-53-27-11-10-20-47(53)40-56-58(57)54-28-12-13-29-55(54)60(56)49-23-8-3-9-24-49/h1-40H. The molecule has 0 aliphatic carbocycles. The summed E-state index contributed by atoms with van der Waals surface area (Å²) in [5.41, 5.74) is 16.4. The molecule has 0 amide bonds. The Morgan fingerprint density at radius 1 is 0.283 bits per heavy atom. The van der Waals surface area contributed by atoms with Crippen molar-refractivity contribution in [2.24, 2.45) is 0 Å². The van der Waals surface area contributed by atoms with Gasteiger partial charge in [0.25, 0.3) is 0 Å². The van der Waals surface area contributed by atoms with Gasteiger partial charge in [0.2, 0.25) is 0 Å². The van der Waals surface area contributed by atoms with Gasteiger partial charge in [-0.1, -0.05) is 182 Å². The third-order valence-electron chi connectivity index (χ3n) is 11.8. The molecule has 2 heteroatoms. The minimum Gasteiger partial charge on any atom is -0.310 e. The van der Waals surface area contributed by atoms with Crippen molar-refractivity contribution >= 4 is 49.6 Å². The van der Waals surface area contributed by atoms with Crippen LogP contribution in [0.5, 0.6) is 0 Å². The first-order chi connectivity index (χ1) is 29.8. The van der Waals surface area contributed by atoms with Crippen LogP contribution in [0.15, 0.2) is 243 Å². The van der Waals surface area contributed by atoms with Crippen molar-refractivity contribution < 1.29 is 0 Å². The highest BCUT2D eigenvalue weighted by Crippen LogP contribution is 2.45. The summed E-state index contributed by atoms with van der Waals surface area (Å²) in [4.78, 5) is 2.40. The summed E-state index contributed by atoms with van der Waals surface area (Å²) < 4.78 is 2.42. The van der Waals surface area contributed by atoms with Gasteiger partial charge in [0.15, 0.2) is 0 Å². The number of benzene rings is 10. The second kappa shape index (κ2) is 15.1. The van der Waals surface area contributed by atoms with Crippen LogP contribution in [0.4, 0.5) is 17.1 Å². The van der Waals surface area contributed by atoms with E-state index in [9.17, 15) is 0 Å². The van der Waals surface area contributed by atoms with E-state index in [-0.39, 0.29) is 0 Å². The summed E-state index contributed by atoms with van der Waals surface area (Å²) >= 11 is 0. The van der Waals surface area contributed by atoms with E-state index in [2.05, 4.69) is 252 Å². The van der Waals surface area contributed by atoms with E-state index in [1.807, 2.05) is 0 Å². The van der Waals surface area contributed by atoms with Gasteiger partial charge in [-0.05, 0) is 116 Å². The van der Waals surface area contributed by atoms with Crippen molar-refractivity contribution in [1.82, 2.24) is 4.57 Å². The third kappa shape index (κ3) is 6.32. The molecule has 0 saturated carbocycles. The Hall–Kier alpha value is -7.94. The van der Waals surface area contributed by atoms with E-state index < -0.39 is 0 Å². The van der Waals surface area contributed by atoms with Crippen molar-refractivity contribution in [3.63, 3.8) is 0 Å². The molecule has 0 bridgehead atoms. The zero-order chi connectivity index (χ0) is 39.8. The second-order valence-corrected chi connectivity index (χ2v) is 15.3. The maximum absolute atomic E-state index is 2.42. The highest BCUT2D eigenvalue weighted by Gasteiger charge is 2.21. The number of para-hydroxylation sites is 2. The molecule has 10 aromatic carbocycles. The predicted octanol–water partition coefficient (Wildman–Crippen LogP) is 16.1. The summed E-state index contributed by atoms with van der Waals surface area (Å²) in [6.45, 7) is 0. The van der Waals surface area contributed by atoms with E-state index >= 15 is 0 Å². The quantitative estimate of drug-likeness (QED) is 0.150. The van der Waals surface area contributed by atoms with Gasteiger partial charge in [-0.15, -0.1) is 0 Å². The number of rotatable bonds is 8. The minimum atomic E-state index is 1.09. The van der Waals surface area contributed by atoms with E-state index in [1.54, 1.807) is 0 Å². The van der Waals surface area contributed by atoms with Crippen molar-refractivity contribution in [2.75, 3.05) is 4.90 Å². The largest absolute Gasteiger partial charge is 0.310 e. The first kappa shape index (κ1) is 35.2. The molecular weight excluding hydrogens is 725 g/mol. The molecule has 0 fully saturated rings. The zero-order valence-electron chi connectivity index (χ0n) is 33.0. The molecule has 0 unspecified atom stereocenters. The number of nitrogens with zero attached hydrogens (tertiary/aromatic N) is 2. The van der Waals surface area contributed by atoms with Crippen LogP contribution in [0.3, 0.4) is 0 Å². The van der Waals surface area contributed by atoms with E-state index in [4.69, 9.17) is 0 Å². The van der Waals surface area contributed by atoms with Crippen LogP contribution in [0.25, 0.3) is 82.8 Å². The molecule has 60 heavy (non-hydrogen) atoms. The van der Waals surface area contributed by atoms with E-state index in [0.29, 0.717) is 0 Å². The fourth-order valence-electron chi connectivity index (χ4n) is 8.94. The molecule has 11 aromatic rings. The number of hydrogen-bond acceptors (Lipinski definition) is 1. The minimum absolute atomic E-state index is 1.09. The van der Waals surface area contributed by atoms with Crippen LogP contribution < -0.4 is 4.90 Å². The molecule has 0 atom stereocenters. The molecule has 0 spiro atoms. The molecule has 0 aliphatic heterocycles. The van der Waals surface area contributed by atoms with Gasteiger partial charge in [0, 0.05) is 33.5 Å². The summed E-state index contributed by atoms with van der Waals surface area (Å²) in [6, 6.07) is 87.8. The lowest BCUT2D eigenvalue weighted by Gasteiger charge is -2.27. The average Bonchev–Trinajstić information content (AvgIpc) is 3.66. The van der Waals surface area contributed by atoms with Crippen molar-refractivity contribution in [3.8, 4) is 50.2 Å². The molecule has 282 valence electrons. The summed E-state index contributed by atoms with van der Waals surface area (Å²) in [6.07, 6.45) is 0. The number of hydrogen-bond donors (Lipinski definition) is 0. The van der Waals surface area contributed by atoms with Gasteiger partial charge >= 0.3 is 0 Å². The highest BCUT2D eigenvalue weighted by atomic mass is 15.1. The summed E-state index contributed by atoms with van der Waals surface area (Å²) in [5, 5.41) is 4.94. The Morgan fingerprint density at radius 2 is 0.750 bits per heavy atom. The fraction of sp³-hybridized carbons (Fsp3) is 0. The van der Waals surface area contributed by atoms with E-state index in [0.717, 1.165) is 22.7 Å². The van der Waals surface area contributed by atoms with Gasteiger partial charge in [-0.2, -0.15) is 0 Å². The summed E-state index contributed by atoms with van der Waals surface area (Å²) in [5.74, 6) is 0. The maximum atomic E-state index is 2.42. The SMILES string of the molecule is c1ccc(-c2ccc(-c3ccc(N(c4cccc(-c5ccccc5)c4)c4cccc(-c5c6ccccc6cc6c5c5ccccc5n6-c5ccccc5)c4)cc3)cc2)cc1. The van der Waals surface area contributed by atoms with Crippen LogP contribution in [0.2, 0.25) is 0 Å². The first-order valence-electron chi connectivity index (χ1n) is 20.6. The summed E-state index contributed by atoms with van der Waals surface area (Å²) in [7, 11) is 0. The highest BCUT2D eigenvalue weighted by molar-refractivity contribution is 6.23. The lowest BCUT2D eigenvalue weighted by atomic mass is 9.92. The fourth-order valence-corrected chi connectivity index (χ4v) is 8.94. The van der Waals surface area contributed by atoms with Crippen LogP contribution in [0.1, 0.15) is 0 Å². The Kier molecular flexibility index (Phi) is 8.87. The van der Waals surface area contributed by atoms with Crippen molar-refractivity contribution in [3.05, 3.63) is 243 Å². The molecule has 1 aromatic heterocycles. The van der Waals surface area contributed by atoms with Crippen LogP contribution in [-0.2, 0) is 0 Å².